The van der Waals surface area contributed by atoms with E-state index in [1.807, 2.05) is 6.92 Å². The molecule has 0 aromatic heterocycles. The van der Waals surface area contributed by atoms with Crippen molar-refractivity contribution in [1.29, 1.82) is 0 Å². The number of aliphatic hydroxyl groups excluding tert-OH is 1. The Morgan fingerprint density at radius 2 is 2.18 bits per heavy atom. The van der Waals surface area contributed by atoms with Gasteiger partial charge in [0, 0.05) is 10.6 Å². The molecule has 1 aromatic rings. The molecule has 0 heterocycles. The fourth-order valence-electron chi connectivity index (χ4n) is 1.13. The van der Waals surface area contributed by atoms with Crippen LogP contribution in [0.2, 0.25) is 5.02 Å². The lowest BCUT2D eigenvalue weighted by Gasteiger charge is -2.09. The summed E-state index contributed by atoms with van der Waals surface area (Å²) in [6, 6.07) is 4.83. The molecule has 1 rings (SSSR count). The Morgan fingerprint density at radius 3 is 2.71 bits per heavy atom. The molecule has 1 atom stereocenters. The Labute approximate surface area is 104 Å². The fraction of sp³-hybridized carbons (Fsp3) is 0.273. The van der Waals surface area contributed by atoms with Crippen LogP contribution in [0.25, 0.3) is 0 Å². The summed E-state index contributed by atoms with van der Waals surface area (Å²) in [6.07, 6.45) is -1.39. The molecule has 1 unspecified atom stereocenters. The van der Waals surface area contributed by atoms with Crippen LogP contribution in [0, 0.1) is 6.92 Å². The number of benzene rings is 1. The van der Waals surface area contributed by atoms with Gasteiger partial charge in [0.25, 0.3) is 5.91 Å². The van der Waals surface area contributed by atoms with E-state index in [1.165, 1.54) is 6.07 Å². The average Bonchev–Trinajstić information content (AvgIpc) is 2.28. The zero-order chi connectivity index (χ0) is 13.0. The SMILES string of the molecule is Cc1ccc(C(=O)NCC(O)C(N)=O)cc1Cl. The predicted octanol–water partition coefficient (Wildman–Crippen LogP) is 0.224. The molecule has 5 nitrogen and oxygen atoms in total. The molecule has 0 radical (unpaired) electrons. The highest BCUT2D eigenvalue weighted by atomic mass is 35.5. The van der Waals surface area contributed by atoms with Crippen molar-refractivity contribution in [3.63, 3.8) is 0 Å². The highest BCUT2D eigenvalue weighted by molar-refractivity contribution is 6.31. The van der Waals surface area contributed by atoms with E-state index in [0.29, 0.717) is 10.6 Å². The highest BCUT2D eigenvalue weighted by Gasteiger charge is 2.13. The molecule has 0 fully saturated rings. The van der Waals surface area contributed by atoms with Gasteiger partial charge in [-0.1, -0.05) is 17.7 Å². The van der Waals surface area contributed by atoms with Crippen molar-refractivity contribution in [3.05, 3.63) is 34.3 Å². The van der Waals surface area contributed by atoms with E-state index in [1.54, 1.807) is 12.1 Å². The molecule has 0 saturated heterocycles. The Morgan fingerprint density at radius 1 is 1.53 bits per heavy atom. The zero-order valence-electron chi connectivity index (χ0n) is 9.24. The number of primary amides is 1. The summed E-state index contributed by atoms with van der Waals surface area (Å²) < 4.78 is 0. The minimum Gasteiger partial charge on any atom is -0.381 e. The number of carbonyl (C=O) groups is 2. The number of aliphatic hydroxyl groups is 1. The van der Waals surface area contributed by atoms with Crippen LogP contribution in [0.4, 0.5) is 0 Å². The summed E-state index contributed by atoms with van der Waals surface area (Å²) in [6.45, 7) is 1.60. The van der Waals surface area contributed by atoms with E-state index in [9.17, 15) is 9.59 Å². The lowest BCUT2D eigenvalue weighted by molar-refractivity contribution is -0.125. The van der Waals surface area contributed by atoms with Crippen molar-refractivity contribution < 1.29 is 14.7 Å². The summed E-state index contributed by atoms with van der Waals surface area (Å²) in [4.78, 5) is 22.1. The third kappa shape index (κ3) is 3.72. The van der Waals surface area contributed by atoms with Crippen LogP contribution in [0.5, 0.6) is 0 Å². The maximum absolute atomic E-state index is 11.6. The van der Waals surface area contributed by atoms with Gasteiger partial charge in [-0.25, -0.2) is 0 Å². The van der Waals surface area contributed by atoms with Crippen molar-refractivity contribution in [2.45, 2.75) is 13.0 Å². The number of aryl methyl sites for hydroxylation is 1. The third-order valence-electron chi connectivity index (χ3n) is 2.22. The largest absolute Gasteiger partial charge is 0.381 e. The molecule has 0 spiro atoms. The van der Waals surface area contributed by atoms with Gasteiger partial charge < -0.3 is 16.2 Å². The standard InChI is InChI=1S/C11H13ClN2O3/c1-6-2-3-7(4-8(6)12)11(17)14-5-9(15)10(13)16/h2-4,9,15H,5H2,1H3,(H2,13,16)(H,14,17). The number of amides is 2. The zero-order valence-corrected chi connectivity index (χ0v) is 9.99. The minimum absolute atomic E-state index is 0.223. The molecular weight excluding hydrogens is 244 g/mol. The van der Waals surface area contributed by atoms with Crippen molar-refractivity contribution in [2.75, 3.05) is 6.54 Å². The van der Waals surface area contributed by atoms with Crippen LogP contribution in [-0.2, 0) is 4.79 Å². The monoisotopic (exact) mass is 256 g/mol. The van der Waals surface area contributed by atoms with Crippen LogP contribution < -0.4 is 11.1 Å². The van der Waals surface area contributed by atoms with Gasteiger partial charge in [0.05, 0.1) is 6.54 Å². The first-order valence-electron chi connectivity index (χ1n) is 4.93. The van der Waals surface area contributed by atoms with Crippen LogP contribution in [0.3, 0.4) is 0 Å². The Hall–Kier alpha value is -1.59. The molecule has 2 amide bonds. The van der Waals surface area contributed by atoms with Crippen LogP contribution in [0.1, 0.15) is 15.9 Å². The topological polar surface area (TPSA) is 92.4 Å². The molecule has 0 saturated carbocycles. The van der Waals surface area contributed by atoms with E-state index in [-0.39, 0.29) is 6.54 Å². The van der Waals surface area contributed by atoms with E-state index >= 15 is 0 Å². The maximum atomic E-state index is 11.6. The number of hydrogen-bond acceptors (Lipinski definition) is 3. The van der Waals surface area contributed by atoms with E-state index in [4.69, 9.17) is 22.4 Å². The molecule has 0 aliphatic heterocycles. The number of hydrogen-bond donors (Lipinski definition) is 3. The first kappa shape index (κ1) is 13.5. The molecular formula is C11H13ClN2O3. The number of rotatable bonds is 4. The molecule has 17 heavy (non-hydrogen) atoms. The molecule has 0 bridgehead atoms. The minimum atomic E-state index is -1.39. The second-order valence-corrected chi connectivity index (χ2v) is 4.00. The van der Waals surface area contributed by atoms with E-state index in [2.05, 4.69) is 5.32 Å². The summed E-state index contributed by atoms with van der Waals surface area (Å²) >= 11 is 5.87. The number of carbonyl (C=O) groups excluding carboxylic acids is 2. The third-order valence-corrected chi connectivity index (χ3v) is 2.63. The number of nitrogens with two attached hydrogens (primary N) is 1. The number of halogens is 1. The molecule has 4 N–H and O–H groups in total. The van der Waals surface area contributed by atoms with Gasteiger partial charge in [0.1, 0.15) is 6.10 Å². The van der Waals surface area contributed by atoms with Gasteiger partial charge in [-0.05, 0) is 24.6 Å². The summed E-state index contributed by atoms with van der Waals surface area (Å²) in [5.74, 6) is -1.31. The van der Waals surface area contributed by atoms with Crippen LogP contribution in [-0.4, -0.2) is 29.6 Å². The van der Waals surface area contributed by atoms with E-state index < -0.39 is 17.9 Å². The summed E-state index contributed by atoms with van der Waals surface area (Å²) in [5.41, 5.74) is 6.06. The van der Waals surface area contributed by atoms with Gasteiger partial charge in [-0.15, -0.1) is 0 Å². The normalized spacial score (nSPS) is 11.9. The van der Waals surface area contributed by atoms with Crippen molar-refractivity contribution in [2.24, 2.45) is 5.73 Å². The Balaban J connectivity index is 2.64. The second kappa shape index (κ2) is 5.65. The van der Waals surface area contributed by atoms with Gasteiger partial charge in [-0.2, -0.15) is 0 Å². The lowest BCUT2D eigenvalue weighted by atomic mass is 10.1. The number of nitrogens with one attached hydrogen (secondary N) is 1. The Kier molecular flexibility index (Phi) is 4.48. The summed E-state index contributed by atoms with van der Waals surface area (Å²) in [5, 5.41) is 12.0. The molecule has 92 valence electrons. The van der Waals surface area contributed by atoms with Crippen molar-refractivity contribution >= 4 is 23.4 Å². The average molecular weight is 257 g/mol. The summed E-state index contributed by atoms with van der Waals surface area (Å²) in [7, 11) is 0. The molecule has 1 aromatic carbocycles. The van der Waals surface area contributed by atoms with Gasteiger partial charge in [0.2, 0.25) is 5.91 Å². The lowest BCUT2D eigenvalue weighted by Crippen LogP contribution is -2.39. The smallest absolute Gasteiger partial charge is 0.251 e. The van der Waals surface area contributed by atoms with Crippen LogP contribution in [0.15, 0.2) is 18.2 Å². The highest BCUT2D eigenvalue weighted by Crippen LogP contribution is 2.16. The van der Waals surface area contributed by atoms with Crippen molar-refractivity contribution in [3.8, 4) is 0 Å². The quantitative estimate of drug-likeness (QED) is 0.720. The fourth-order valence-corrected chi connectivity index (χ4v) is 1.31. The van der Waals surface area contributed by atoms with Crippen molar-refractivity contribution in [1.82, 2.24) is 5.32 Å². The first-order valence-corrected chi connectivity index (χ1v) is 5.31. The van der Waals surface area contributed by atoms with E-state index in [0.717, 1.165) is 5.56 Å². The van der Waals surface area contributed by atoms with Gasteiger partial charge >= 0.3 is 0 Å². The Bertz CT molecular complexity index is 448. The molecule has 6 heteroatoms. The second-order valence-electron chi connectivity index (χ2n) is 3.59. The molecule has 0 aliphatic carbocycles. The predicted molar refractivity (Wildman–Crippen MR) is 63.7 cm³/mol. The maximum Gasteiger partial charge on any atom is 0.251 e. The van der Waals surface area contributed by atoms with Crippen LogP contribution >= 0.6 is 11.6 Å². The molecule has 0 aliphatic rings. The van der Waals surface area contributed by atoms with Gasteiger partial charge in [-0.3, -0.25) is 9.59 Å². The van der Waals surface area contributed by atoms with Gasteiger partial charge in [0.15, 0.2) is 0 Å². The first-order chi connectivity index (χ1) is 7.91.